The molecule has 6 nitrogen and oxygen atoms in total. The highest BCUT2D eigenvalue weighted by Crippen LogP contribution is 2.19. The van der Waals surface area contributed by atoms with E-state index in [0.717, 1.165) is 69.6 Å². The van der Waals surface area contributed by atoms with Crippen LogP contribution in [-0.4, -0.2) is 37.2 Å². The topological polar surface area (TPSA) is 78.9 Å². The maximum atomic E-state index is 12.9. The molecular formula is C60H116O6. The van der Waals surface area contributed by atoms with Crippen LogP contribution < -0.4 is 0 Å². The number of ether oxygens (including phenoxy) is 3. The van der Waals surface area contributed by atoms with Crippen molar-refractivity contribution in [2.24, 2.45) is 11.8 Å². The number of esters is 3. The second kappa shape index (κ2) is 52.8. The van der Waals surface area contributed by atoms with Crippen LogP contribution in [0.4, 0.5) is 0 Å². The van der Waals surface area contributed by atoms with Crippen LogP contribution in [0.2, 0.25) is 0 Å². The molecule has 0 N–H and O–H groups in total. The summed E-state index contributed by atoms with van der Waals surface area (Å²) in [5.41, 5.74) is 0. The zero-order chi connectivity index (χ0) is 48.2. The molecule has 0 aromatic heterocycles. The Labute approximate surface area is 412 Å². The molecule has 0 bridgehead atoms. The summed E-state index contributed by atoms with van der Waals surface area (Å²) in [7, 11) is 0. The van der Waals surface area contributed by atoms with E-state index in [2.05, 4.69) is 34.6 Å². The first-order valence-electron chi connectivity index (χ1n) is 29.8. The minimum atomic E-state index is -0.763. The van der Waals surface area contributed by atoms with Crippen LogP contribution in [0.1, 0.15) is 336 Å². The lowest BCUT2D eigenvalue weighted by Crippen LogP contribution is -2.30. The van der Waals surface area contributed by atoms with E-state index < -0.39 is 6.10 Å². The van der Waals surface area contributed by atoms with Gasteiger partial charge in [0.2, 0.25) is 0 Å². The van der Waals surface area contributed by atoms with E-state index in [1.165, 1.54) is 225 Å². The fourth-order valence-corrected chi connectivity index (χ4v) is 9.20. The summed E-state index contributed by atoms with van der Waals surface area (Å²) in [5.74, 6) is 0.861. The fraction of sp³-hybridized carbons (Fsp3) is 0.950. The molecule has 0 aromatic carbocycles. The lowest BCUT2D eigenvalue weighted by Gasteiger charge is -2.18. The molecule has 6 heteroatoms. The number of hydrogen-bond acceptors (Lipinski definition) is 6. The summed E-state index contributed by atoms with van der Waals surface area (Å²) in [4.78, 5) is 38.2. The summed E-state index contributed by atoms with van der Waals surface area (Å²) in [5, 5.41) is 0. The van der Waals surface area contributed by atoms with Gasteiger partial charge in [0.05, 0.1) is 0 Å². The molecule has 0 aromatic rings. The Kier molecular flexibility index (Phi) is 51.5. The molecule has 1 unspecified atom stereocenters. The van der Waals surface area contributed by atoms with Crippen molar-refractivity contribution in [3.8, 4) is 0 Å². The van der Waals surface area contributed by atoms with Gasteiger partial charge in [-0.15, -0.1) is 0 Å². The zero-order valence-corrected chi connectivity index (χ0v) is 45.3. The molecule has 0 aliphatic heterocycles. The Bertz CT molecular complexity index is 1010. The quantitative estimate of drug-likeness (QED) is 0.0343. The van der Waals surface area contributed by atoms with Crippen molar-refractivity contribution in [3.63, 3.8) is 0 Å². The summed E-state index contributed by atoms with van der Waals surface area (Å²) in [6.45, 7) is 11.4. The van der Waals surface area contributed by atoms with Crippen molar-refractivity contribution in [2.75, 3.05) is 13.2 Å². The average molecular weight is 934 g/mol. The summed E-state index contributed by atoms with van der Waals surface area (Å²) in [6, 6.07) is 0. The Balaban J connectivity index is 4.27. The standard InChI is InChI=1S/C60H116O6/c1-6-8-9-10-11-12-13-14-15-16-20-23-26-29-35-40-45-50-58(61)64-53-57(54-65-59(62)51-46-41-36-32-31-34-39-44-49-56(5)7-2)66-60(63)52-47-42-37-30-27-24-21-18-17-19-22-25-28-33-38-43-48-55(3)4/h55-57H,6-54H2,1-5H3/t56?,57-/m1/s1. The van der Waals surface area contributed by atoms with Crippen LogP contribution in [0.25, 0.3) is 0 Å². The van der Waals surface area contributed by atoms with Crippen LogP contribution in [0.5, 0.6) is 0 Å². The number of hydrogen-bond donors (Lipinski definition) is 0. The van der Waals surface area contributed by atoms with Gasteiger partial charge in [-0.1, -0.05) is 298 Å². The van der Waals surface area contributed by atoms with Gasteiger partial charge in [0.25, 0.3) is 0 Å². The number of unbranched alkanes of at least 4 members (excludes halogenated alkanes) is 38. The van der Waals surface area contributed by atoms with Crippen LogP contribution in [0, 0.1) is 11.8 Å². The monoisotopic (exact) mass is 933 g/mol. The molecule has 0 spiro atoms. The van der Waals surface area contributed by atoms with E-state index in [4.69, 9.17) is 14.2 Å². The smallest absolute Gasteiger partial charge is 0.306 e. The molecule has 0 aliphatic rings. The maximum Gasteiger partial charge on any atom is 0.306 e. The molecule has 0 saturated carbocycles. The summed E-state index contributed by atoms with van der Waals surface area (Å²) < 4.78 is 16.9. The third-order valence-electron chi connectivity index (χ3n) is 14.1. The second-order valence-electron chi connectivity index (χ2n) is 21.4. The van der Waals surface area contributed by atoms with Gasteiger partial charge in [-0.2, -0.15) is 0 Å². The van der Waals surface area contributed by atoms with Crippen molar-refractivity contribution in [3.05, 3.63) is 0 Å². The number of carbonyl (C=O) groups is 3. The number of rotatable bonds is 54. The SMILES string of the molecule is CCCCCCCCCCCCCCCCCCCC(=O)OC[C@H](COC(=O)CCCCCCCCCCC(C)CC)OC(=O)CCCCCCCCCCCCCCCCCCC(C)C. The largest absolute Gasteiger partial charge is 0.462 e. The molecule has 0 radical (unpaired) electrons. The van der Waals surface area contributed by atoms with E-state index in [0.29, 0.717) is 19.3 Å². The summed E-state index contributed by atoms with van der Waals surface area (Å²) in [6.07, 6.45) is 56.6. The first-order chi connectivity index (χ1) is 32.3. The van der Waals surface area contributed by atoms with Gasteiger partial charge in [-0.3, -0.25) is 14.4 Å². The third kappa shape index (κ3) is 51.8. The molecule has 0 saturated heterocycles. The van der Waals surface area contributed by atoms with E-state index in [1.807, 2.05) is 0 Å². The lowest BCUT2D eigenvalue weighted by atomic mass is 9.99. The van der Waals surface area contributed by atoms with Gasteiger partial charge >= 0.3 is 17.9 Å². The predicted octanol–water partition coefficient (Wildman–Crippen LogP) is 19.7. The van der Waals surface area contributed by atoms with Crippen LogP contribution in [0.15, 0.2) is 0 Å². The van der Waals surface area contributed by atoms with Crippen molar-refractivity contribution in [1.29, 1.82) is 0 Å². The predicted molar refractivity (Wildman–Crippen MR) is 284 cm³/mol. The second-order valence-corrected chi connectivity index (χ2v) is 21.4. The van der Waals surface area contributed by atoms with Gasteiger partial charge in [0, 0.05) is 19.3 Å². The first kappa shape index (κ1) is 64.4. The van der Waals surface area contributed by atoms with Crippen molar-refractivity contribution >= 4 is 17.9 Å². The molecule has 66 heavy (non-hydrogen) atoms. The fourth-order valence-electron chi connectivity index (χ4n) is 9.20. The highest BCUT2D eigenvalue weighted by Gasteiger charge is 2.19. The zero-order valence-electron chi connectivity index (χ0n) is 45.3. The highest BCUT2D eigenvalue weighted by molar-refractivity contribution is 5.71. The van der Waals surface area contributed by atoms with Gasteiger partial charge < -0.3 is 14.2 Å². The van der Waals surface area contributed by atoms with E-state index in [9.17, 15) is 14.4 Å². The van der Waals surface area contributed by atoms with E-state index in [1.54, 1.807) is 0 Å². The molecule has 0 rings (SSSR count). The maximum absolute atomic E-state index is 12.9. The van der Waals surface area contributed by atoms with Crippen molar-refractivity contribution < 1.29 is 28.6 Å². The van der Waals surface area contributed by atoms with Gasteiger partial charge in [-0.05, 0) is 31.1 Å². The third-order valence-corrected chi connectivity index (χ3v) is 14.1. The lowest BCUT2D eigenvalue weighted by molar-refractivity contribution is -0.167. The van der Waals surface area contributed by atoms with Crippen LogP contribution >= 0.6 is 0 Å². The van der Waals surface area contributed by atoms with Crippen molar-refractivity contribution in [1.82, 2.24) is 0 Å². The number of carbonyl (C=O) groups excluding carboxylic acids is 3. The van der Waals surface area contributed by atoms with Crippen molar-refractivity contribution in [2.45, 2.75) is 343 Å². The average Bonchev–Trinajstić information content (AvgIpc) is 3.30. The summed E-state index contributed by atoms with van der Waals surface area (Å²) >= 11 is 0. The molecule has 2 atom stereocenters. The van der Waals surface area contributed by atoms with E-state index in [-0.39, 0.29) is 31.1 Å². The molecule has 0 aliphatic carbocycles. The Hall–Kier alpha value is -1.59. The van der Waals surface area contributed by atoms with Crippen LogP contribution in [0.3, 0.4) is 0 Å². The van der Waals surface area contributed by atoms with Crippen LogP contribution in [-0.2, 0) is 28.6 Å². The molecular weight excluding hydrogens is 817 g/mol. The van der Waals surface area contributed by atoms with Gasteiger partial charge in [0.15, 0.2) is 6.10 Å². The van der Waals surface area contributed by atoms with Gasteiger partial charge in [-0.25, -0.2) is 0 Å². The first-order valence-corrected chi connectivity index (χ1v) is 29.8. The minimum Gasteiger partial charge on any atom is -0.462 e. The molecule has 0 amide bonds. The molecule has 392 valence electrons. The highest BCUT2D eigenvalue weighted by atomic mass is 16.6. The minimum absolute atomic E-state index is 0.0628. The van der Waals surface area contributed by atoms with E-state index >= 15 is 0 Å². The molecule has 0 fully saturated rings. The molecule has 0 heterocycles. The Morgan fingerprint density at radius 2 is 0.576 bits per heavy atom. The normalized spacial score (nSPS) is 12.5. The van der Waals surface area contributed by atoms with Gasteiger partial charge in [0.1, 0.15) is 13.2 Å². The Morgan fingerprint density at radius 1 is 0.318 bits per heavy atom. The Morgan fingerprint density at radius 3 is 0.864 bits per heavy atom.